The zero-order chi connectivity index (χ0) is 12.6. The normalized spacial score (nSPS) is 17.3. The molecule has 0 heterocycles. The van der Waals surface area contributed by atoms with Crippen LogP contribution >= 0.6 is 11.6 Å². The molecule has 4 heteroatoms. The van der Waals surface area contributed by atoms with Crippen molar-refractivity contribution in [2.75, 3.05) is 32.6 Å². The maximum absolute atomic E-state index is 5.87. The van der Waals surface area contributed by atoms with Crippen molar-refractivity contribution >= 4 is 17.8 Å². The largest absolute Gasteiger partial charge is 0.384 e. The number of hydrogen-bond acceptors (Lipinski definition) is 2. The van der Waals surface area contributed by atoms with Gasteiger partial charge < -0.3 is 10.2 Å². The Bertz CT molecular complexity index is 253. The third-order valence-electron chi connectivity index (χ3n) is 2.71. The number of quaternary nitrogens is 1. The lowest BCUT2D eigenvalue weighted by atomic mass is 10.2. The summed E-state index contributed by atoms with van der Waals surface area (Å²) in [7, 11) is 2.22. The summed E-state index contributed by atoms with van der Waals surface area (Å²) in [6.07, 6.45) is 2.88. The molecular weight excluding hydrogens is 222 g/mol. The van der Waals surface area contributed by atoms with Crippen LogP contribution in [0.1, 0.15) is 27.2 Å². The minimum absolute atomic E-state index is 0.637. The first-order chi connectivity index (χ1) is 7.49. The van der Waals surface area contributed by atoms with E-state index in [-0.39, 0.29) is 0 Å². The number of nitrogens with two attached hydrogens (primary N) is 1. The molecule has 0 spiro atoms. The number of halogens is 1. The van der Waals surface area contributed by atoms with E-state index in [2.05, 4.69) is 19.0 Å². The van der Waals surface area contributed by atoms with Crippen molar-refractivity contribution in [1.82, 2.24) is 0 Å². The molecule has 0 fully saturated rings. The Balaban J connectivity index is 4.68. The first kappa shape index (κ1) is 15.5. The van der Waals surface area contributed by atoms with Gasteiger partial charge in [0, 0.05) is 11.8 Å². The van der Waals surface area contributed by atoms with Crippen molar-refractivity contribution < 1.29 is 4.48 Å². The highest BCUT2D eigenvalue weighted by Gasteiger charge is 2.21. The van der Waals surface area contributed by atoms with Crippen molar-refractivity contribution in [2.24, 2.45) is 10.7 Å². The van der Waals surface area contributed by atoms with Gasteiger partial charge in [-0.25, -0.2) is 4.99 Å². The number of hydrogen-bond donors (Lipinski definition) is 1. The minimum atomic E-state index is 0.637. The van der Waals surface area contributed by atoms with Crippen LogP contribution in [0, 0.1) is 0 Å². The average molecular weight is 247 g/mol. The van der Waals surface area contributed by atoms with E-state index in [4.69, 9.17) is 17.3 Å². The van der Waals surface area contributed by atoms with Gasteiger partial charge in [0.05, 0.1) is 26.0 Å². The Labute approximate surface area is 105 Å². The fourth-order valence-electron chi connectivity index (χ4n) is 1.92. The molecule has 2 N–H and O–H groups in total. The van der Waals surface area contributed by atoms with E-state index < -0.39 is 0 Å². The number of alkyl halides is 1. The third kappa shape index (κ3) is 5.52. The van der Waals surface area contributed by atoms with E-state index in [0.29, 0.717) is 11.7 Å². The van der Waals surface area contributed by atoms with E-state index in [1.807, 2.05) is 13.8 Å². The zero-order valence-corrected chi connectivity index (χ0v) is 11.7. The van der Waals surface area contributed by atoms with E-state index in [0.717, 1.165) is 36.1 Å². The second-order valence-corrected chi connectivity index (χ2v) is 4.84. The second kappa shape index (κ2) is 7.69. The maximum Gasteiger partial charge on any atom is 0.127 e. The molecule has 0 aliphatic rings. The van der Waals surface area contributed by atoms with Crippen molar-refractivity contribution in [3.63, 3.8) is 0 Å². The fraction of sp³-hybridized carbons (Fsp3) is 0.750. The van der Waals surface area contributed by atoms with Crippen LogP contribution in [0.25, 0.3) is 0 Å². The Kier molecular flexibility index (Phi) is 7.43. The smallest absolute Gasteiger partial charge is 0.127 e. The Hall–Kier alpha value is -0.540. The topological polar surface area (TPSA) is 38.4 Å². The molecule has 0 aliphatic heterocycles. The molecule has 1 atom stereocenters. The van der Waals surface area contributed by atoms with Crippen LogP contribution in [0.3, 0.4) is 0 Å². The molecule has 0 amide bonds. The van der Waals surface area contributed by atoms with Crippen LogP contribution < -0.4 is 5.73 Å². The fourth-order valence-corrected chi connectivity index (χ4v) is 2.32. The van der Waals surface area contributed by atoms with E-state index in [1.165, 1.54) is 0 Å². The van der Waals surface area contributed by atoms with E-state index >= 15 is 0 Å². The van der Waals surface area contributed by atoms with Gasteiger partial charge in [0.15, 0.2) is 0 Å². The summed E-state index contributed by atoms with van der Waals surface area (Å²) < 4.78 is 0.936. The molecule has 0 bridgehead atoms. The van der Waals surface area contributed by atoms with Gasteiger partial charge in [-0.2, -0.15) is 0 Å². The Morgan fingerprint density at radius 3 is 2.50 bits per heavy atom. The van der Waals surface area contributed by atoms with Crippen molar-refractivity contribution in [3.8, 4) is 0 Å². The van der Waals surface area contributed by atoms with E-state index in [9.17, 15) is 0 Å². The molecule has 0 aromatic heterocycles. The second-order valence-electron chi connectivity index (χ2n) is 4.47. The Morgan fingerprint density at radius 1 is 1.44 bits per heavy atom. The van der Waals surface area contributed by atoms with Crippen LogP contribution in [0.15, 0.2) is 16.4 Å². The number of rotatable bonds is 7. The molecule has 1 unspecified atom stereocenters. The average Bonchev–Trinajstić information content (AvgIpc) is 2.18. The molecule has 0 aromatic rings. The van der Waals surface area contributed by atoms with Crippen LogP contribution in [0.4, 0.5) is 0 Å². The zero-order valence-electron chi connectivity index (χ0n) is 11.0. The highest BCUT2D eigenvalue weighted by Crippen LogP contribution is 2.11. The summed E-state index contributed by atoms with van der Waals surface area (Å²) in [5.74, 6) is 1.32. The van der Waals surface area contributed by atoms with Gasteiger partial charge in [-0.15, -0.1) is 11.6 Å². The molecule has 0 aromatic carbocycles. The summed E-state index contributed by atoms with van der Waals surface area (Å²) in [5.41, 5.74) is 7.00. The van der Waals surface area contributed by atoms with Crippen molar-refractivity contribution in [3.05, 3.63) is 11.4 Å². The predicted molar refractivity (Wildman–Crippen MR) is 72.8 cm³/mol. The first-order valence-electron chi connectivity index (χ1n) is 5.82. The van der Waals surface area contributed by atoms with Gasteiger partial charge in [-0.1, -0.05) is 6.92 Å². The quantitative estimate of drug-likeness (QED) is 0.418. The number of likely N-dealkylation sites (N-methyl/N-ethyl adjacent to an activating group) is 1. The van der Waals surface area contributed by atoms with Crippen molar-refractivity contribution in [2.45, 2.75) is 27.2 Å². The standard InChI is InChI=1S/C12H25ClN3/c1-5-8-16(4,9-7-13)10-11(3)12(14)15-6-2/h6H,5,7-10,14H2,1-4H3/q+1/b12-11+,15-6-. The van der Waals surface area contributed by atoms with E-state index in [1.54, 1.807) is 6.21 Å². The summed E-state index contributed by atoms with van der Waals surface area (Å²) in [6, 6.07) is 0. The molecule has 0 radical (unpaired) electrons. The van der Waals surface area contributed by atoms with Crippen molar-refractivity contribution in [1.29, 1.82) is 0 Å². The van der Waals surface area contributed by atoms with Gasteiger partial charge in [0.2, 0.25) is 0 Å². The molecule has 94 valence electrons. The molecular formula is C12H25ClN3+. The first-order valence-corrected chi connectivity index (χ1v) is 6.36. The van der Waals surface area contributed by atoms with Gasteiger partial charge in [0.25, 0.3) is 0 Å². The molecule has 0 aliphatic carbocycles. The number of aliphatic imine (C=N–C) groups is 1. The van der Waals surface area contributed by atoms with Crippen LogP contribution in [0.2, 0.25) is 0 Å². The summed E-state index contributed by atoms with van der Waals surface area (Å²) in [5, 5.41) is 0. The van der Waals surface area contributed by atoms with Crippen LogP contribution in [-0.2, 0) is 0 Å². The maximum atomic E-state index is 5.87. The molecule has 16 heavy (non-hydrogen) atoms. The summed E-state index contributed by atoms with van der Waals surface area (Å²) in [4.78, 5) is 4.12. The SMILES string of the molecule is C/C=N\C(N)=C(/C)C[N+](C)(CCC)CCCl. The van der Waals surface area contributed by atoms with Crippen LogP contribution in [0.5, 0.6) is 0 Å². The van der Waals surface area contributed by atoms with Gasteiger partial charge >= 0.3 is 0 Å². The highest BCUT2D eigenvalue weighted by atomic mass is 35.5. The Morgan fingerprint density at radius 2 is 2.06 bits per heavy atom. The molecule has 0 saturated carbocycles. The van der Waals surface area contributed by atoms with Gasteiger partial charge in [-0.05, 0) is 20.3 Å². The summed E-state index contributed by atoms with van der Waals surface area (Å²) >= 11 is 5.85. The highest BCUT2D eigenvalue weighted by molar-refractivity contribution is 6.17. The lowest BCUT2D eigenvalue weighted by molar-refractivity contribution is -0.902. The van der Waals surface area contributed by atoms with Crippen LogP contribution in [-0.4, -0.2) is 43.3 Å². The summed E-state index contributed by atoms with van der Waals surface area (Å²) in [6.45, 7) is 9.12. The lowest BCUT2D eigenvalue weighted by Gasteiger charge is -2.34. The predicted octanol–water partition coefficient (Wildman–Crippen LogP) is 2.36. The van der Waals surface area contributed by atoms with Gasteiger partial charge in [0.1, 0.15) is 12.4 Å². The van der Waals surface area contributed by atoms with Gasteiger partial charge in [-0.3, -0.25) is 0 Å². The molecule has 3 nitrogen and oxygen atoms in total. The molecule has 0 saturated heterocycles. The molecule has 0 rings (SSSR count). The lowest BCUT2D eigenvalue weighted by Crippen LogP contribution is -2.47. The monoisotopic (exact) mass is 246 g/mol. The number of nitrogens with zero attached hydrogens (tertiary/aromatic N) is 2. The third-order valence-corrected chi connectivity index (χ3v) is 2.88. The minimum Gasteiger partial charge on any atom is -0.384 e.